The molecule has 0 fully saturated rings. The number of aryl methyl sites for hydroxylation is 2. The van der Waals surface area contributed by atoms with Crippen LogP contribution >= 0.6 is 0 Å². The van der Waals surface area contributed by atoms with Gasteiger partial charge in [-0.2, -0.15) is 0 Å². The van der Waals surface area contributed by atoms with E-state index in [1.165, 1.54) is 11.8 Å². The molecule has 0 aromatic heterocycles. The van der Waals surface area contributed by atoms with Crippen molar-refractivity contribution >= 4 is 21.6 Å². The van der Waals surface area contributed by atoms with E-state index in [0.717, 1.165) is 5.56 Å². The Bertz CT molecular complexity index is 972. The van der Waals surface area contributed by atoms with E-state index in [-0.39, 0.29) is 30.7 Å². The molecule has 144 valence electrons. The zero-order chi connectivity index (χ0) is 19.6. The van der Waals surface area contributed by atoms with E-state index in [9.17, 15) is 13.2 Å². The van der Waals surface area contributed by atoms with Crippen molar-refractivity contribution in [2.24, 2.45) is 0 Å². The molecular formula is C19H22N2O5S. The second-order valence-corrected chi connectivity index (χ2v) is 8.11. The fourth-order valence-corrected chi connectivity index (χ4v) is 4.24. The lowest BCUT2D eigenvalue weighted by molar-refractivity contribution is -0.116. The van der Waals surface area contributed by atoms with Gasteiger partial charge in [-0.15, -0.1) is 0 Å². The molecular weight excluding hydrogens is 368 g/mol. The topological polar surface area (TPSA) is 84.9 Å². The summed E-state index contributed by atoms with van der Waals surface area (Å²) in [5.41, 5.74) is 2.30. The number of nitrogens with zero attached hydrogens (tertiary/aromatic N) is 1. The summed E-state index contributed by atoms with van der Waals surface area (Å²) in [6.45, 7) is 5.53. The average Bonchev–Trinajstić information content (AvgIpc) is 3.05. The molecule has 1 amide bonds. The van der Waals surface area contributed by atoms with Crippen LogP contribution in [-0.4, -0.2) is 34.2 Å². The van der Waals surface area contributed by atoms with Gasteiger partial charge in [0, 0.05) is 31.8 Å². The van der Waals surface area contributed by atoms with Gasteiger partial charge in [-0.05, 0) is 37.6 Å². The molecule has 1 N–H and O–H groups in total. The van der Waals surface area contributed by atoms with Crippen LogP contribution in [0, 0.1) is 13.8 Å². The molecule has 0 spiro atoms. The molecule has 0 unspecified atom stereocenters. The zero-order valence-corrected chi connectivity index (χ0v) is 16.3. The lowest BCUT2D eigenvalue weighted by atomic mass is 10.2. The van der Waals surface area contributed by atoms with E-state index < -0.39 is 10.0 Å². The van der Waals surface area contributed by atoms with Crippen LogP contribution in [-0.2, 0) is 14.8 Å². The molecule has 0 bridgehead atoms. The maximum atomic E-state index is 12.6. The van der Waals surface area contributed by atoms with Crippen LogP contribution in [0.5, 0.6) is 11.5 Å². The molecule has 0 aliphatic carbocycles. The van der Waals surface area contributed by atoms with Gasteiger partial charge < -0.3 is 14.4 Å². The number of anilines is 1. The summed E-state index contributed by atoms with van der Waals surface area (Å²) >= 11 is 0. The van der Waals surface area contributed by atoms with Crippen LogP contribution in [0.15, 0.2) is 41.3 Å². The fraction of sp³-hybridized carbons (Fsp3) is 0.316. The highest BCUT2D eigenvalue weighted by Crippen LogP contribution is 2.35. The quantitative estimate of drug-likeness (QED) is 0.819. The number of sulfonamides is 1. The van der Waals surface area contributed by atoms with E-state index in [1.807, 2.05) is 13.0 Å². The molecule has 0 saturated heterocycles. The molecule has 8 heteroatoms. The van der Waals surface area contributed by atoms with E-state index in [1.54, 1.807) is 37.3 Å². The molecule has 2 aromatic rings. The van der Waals surface area contributed by atoms with Crippen molar-refractivity contribution in [2.75, 3.05) is 24.8 Å². The minimum atomic E-state index is -3.65. The molecule has 7 nitrogen and oxygen atoms in total. The lowest BCUT2D eigenvalue weighted by Gasteiger charge is -2.22. The third-order valence-corrected chi connectivity index (χ3v) is 5.92. The smallest absolute Gasteiger partial charge is 0.240 e. The highest BCUT2D eigenvalue weighted by atomic mass is 32.2. The first-order chi connectivity index (χ1) is 12.8. The van der Waals surface area contributed by atoms with Crippen LogP contribution in [0.4, 0.5) is 5.69 Å². The summed E-state index contributed by atoms with van der Waals surface area (Å²) in [7, 11) is -3.65. The predicted octanol–water partition coefficient (Wildman–Crippen LogP) is 2.36. The van der Waals surface area contributed by atoms with Crippen molar-refractivity contribution < 1.29 is 22.7 Å². The summed E-state index contributed by atoms with van der Waals surface area (Å²) in [4.78, 5) is 13.8. The van der Waals surface area contributed by atoms with E-state index >= 15 is 0 Å². The third kappa shape index (κ3) is 4.23. The zero-order valence-electron chi connectivity index (χ0n) is 15.5. The Morgan fingerprint density at radius 3 is 2.56 bits per heavy atom. The Kier molecular flexibility index (Phi) is 5.38. The molecule has 0 radical (unpaired) electrons. The van der Waals surface area contributed by atoms with Gasteiger partial charge in [-0.25, -0.2) is 13.1 Å². The van der Waals surface area contributed by atoms with Crippen LogP contribution in [0.2, 0.25) is 0 Å². The van der Waals surface area contributed by atoms with E-state index in [2.05, 4.69) is 4.72 Å². The highest BCUT2D eigenvalue weighted by Gasteiger charge is 2.20. The lowest BCUT2D eigenvalue weighted by Crippen LogP contribution is -2.37. The number of ether oxygens (including phenoxy) is 2. The van der Waals surface area contributed by atoms with Crippen molar-refractivity contribution in [2.45, 2.75) is 25.7 Å². The maximum absolute atomic E-state index is 12.6. The minimum absolute atomic E-state index is 0.0870. The summed E-state index contributed by atoms with van der Waals surface area (Å²) < 4.78 is 38.3. The first-order valence-corrected chi connectivity index (χ1v) is 10.0. The number of hydrogen-bond acceptors (Lipinski definition) is 5. The Morgan fingerprint density at radius 2 is 1.85 bits per heavy atom. The molecule has 3 rings (SSSR count). The number of amides is 1. The van der Waals surface area contributed by atoms with Gasteiger partial charge in [0.25, 0.3) is 0 Å². The van der Waals surface area contributed by atoms with E-state index in [0.29, 0.717) is 22.7 Å². The number of fused-ring (bicyclic) bond motifs is 1. The number of hydrogen-bond donors (Lipinski definition) is 1. The van der Waals surface area contributed by atoms with Crippen LogP contribution in [0.25, 0.3) is 0 Å². The first-order valence-electron chi connectivity index (χ1n) is 8.52. The molecule has 27 heavy (non-hydrogen) atoms. The Balaban J connectivity index is 1.70. The highest BCUT2D eigenvalue weighted by molar-refractivity contribution is 7.89. The normalized spacial score (nSPS) is 12.9. The monoisotopic (exact) mass is 390 g/mol. The molecule has 2 aromatic carbocycles. The van der Waals surface area contributed by atoms with Gasteiger partial charge in [0.1, 0.15) is 0 Å². The van der Waals surface area contributed by atoms with Crippen LogP contribution in [0.3, 0.4) is 0 Å². The van der Waals surface area contributed by atoms with Crippen molar-refractivity contribution in [3.63, 3.8) is 0 Å². The van der Waals surface area contributed by atoms with Crippen molar-refractivity contribution in [1.29, 1.82) is 0 Å². The SMILES string of the molecule is CC(=O)N(CCNS(=O)(=O)c1ccc(C)cc1C)c1ccc2c(c1)OCO2. The summed E-state index contributed by atoms with van der Waals surface area (Å²) in [6, 6.07) is 10.4. The van der Waals surface area contributed by atoms with Crippen LogP contribution < -0.4 is 19.1 Å². The number of benzene rings is 2. The summed E-state index contributed by atoms with van der Waals surface area (Å²) in [5.74, 6) is 0.993. The number of nitrogens with one attached hydrogen (secondary N) is 1. The fourth-order valence-electron chi connectivity index (χ4n) is 2.99. The summed E-state index contributed by atoms with van der Waals surface area (Å²) in [5, 5.41) is 0. The van der Waals surface area contributed by atoms with Crippen molar-refractivity contribution in [1.82, 2.24) is 4.72 Å². The molecule has 0 saturated carbocycles. The number of carbonyl (C=O) groups excluding carboxylic acids is 1. The molecule has 1 heterocycles. The predicted molar refractivity (Wildman–Crippen MR) is 102 cm³/mol. The standard InChI is InChI=1S/C19H22N2O5S/c1-13-4-7-19(14(2)10-13)27(23,24)20-8-9-21(15(3)22)16-5-6-17-18(11-16)26-12-25-17/h4-7,10-11,20H,8-9,12H2,1-3H3. The van der Waals surface area contributed by atoms with Crippen molar-refractivity contribution in [3.8, 4) is 11.5 Å². The minimum Gasteiger partial charge on any atom is -0.454 e. The molecule has 1 aliphatic rings. The van der Waals surface area contributed by atoms with Gasteiger partial charge >= 0.3 is 0 Å². The molecule has 1 aliphatic heterocycles. The second kappa shape index (κ2) is 7.58. The van der Waals surface area contributed by atoms with Crippen molar-refractivity contribution in [3.05, 3.63) is 47.5 Å². The van der Waals surface area contributed by atoms with Gasteiger partial charge in [0.15, 0.2) is 11.5 Å². The third-order valence-electron chi connectivity index (χ3n) is 4.30. The maximum Gasteiger partial charge on any atom is 0.240 e. The van der Waals surface area contributed by atoms with Gasteiger partial charge in [-0.1, -0.05) is 17.7 Å². The first kappa shape index (κ1) is 19.2. The Labute approximate surface area is 158 Å². The van der Waals surface area contributed by atoms with E-state index in [4.69, 9.17) is 9.47 Å². The average molecular weight is 390 g/mol. The van der Waals surface area contributed by atoms with Gasteiger partial charge in [-0.3, -0.25) is 4.79 Å². The van der Waals surface area contributed by atoms with Gasteiger partial charge in [0.05, 0.1) is 4.90 Å². The number of carbonyl (C=O) groups is 1. The Morgan fingerprint density at radius 1 is 1.11 bits per heavy atom. The molecule has 0 atom stereocenters. The van der Waals surface area contributed by atoms with Crippen LogP contribution in [0.1, 0.15) is 18.1 Å². The number of rotatable bonds is 6. The van der Waals surface area contributed by atoms with Gasteiger partial charge in [0.2, 0.25) is 22.7 Å². The summed E-state index contributed by atoms with van der Waals surface area (Å²) in [6.07, 6.45) is 0. The Hall–Kier alpha value is -2.58. The largest absolute Gasteiger partial charge is 0.454 e. The second-order valence-electron chi connectivity index (χ2n) is 6.37.